The van der Waals surface area contributed by atoms with Crippen molar-refractivity contribution in [3.8, 4) is 11.5 Å². The maximum atomic E-state index is 12.3. The molecule has 3 rings (SSSR count). The van der Waals surface area contributed by atoms with Crippen molar-refractivity contribution in [3.63, 3.8) is 0 Å². The van der Waals surface area contributed by atoms with Crippen molar-refractivity contribution >= 4 is 17.5 Å². The second-order valence-electron chi connectivity index (χ2n) is 5.64. The van der Waals surface area contributed by atoms with Crippen LogP contribution in [0.1, 0.15) is 15.9 Å². The molecule has 138 valence electrons. The largest absolute Gasteiger partial charge is 0.497 e. The summed E-state index contributed by atoms with van der Waals surface area (Å²) in [6, 6.07) is 14.9. The minimum atomic E-state index is -0.253. The van der Waals surface area contributed by atoms with Gasteiger partial charge in [0.05, 0.1) is 19.8 Å². The lowest BCUT2D eigenvalue weighted by molar-refractivity contribution is 0.0950. The summed E-state index contributed by atoms with van der Waals surface area (Å²) in [6.07, 6.45) is 2.97. The first-order valence-corrected chi connectivity index (χ1v) is 8.33. The molecule has 1 heterocycles. The van der Waals surface area contributed by atoms with E-state index >= 15 is 0 Å². The van der Waals surface area contributed by atoms with Crippen molar-refractivity contribution in [2.45, 2.75) is 6.54 Å². The van der Waals surface area contributed by atoms with Crippen molar-refractivity contribution in [2.75, 3.05) is 19.5 Å². The van der Waals surface area contributed by atoms with Crippen LogP contribution in [0.15, 0.2) is 60.9 Å². The van der Waals surface area contributed by atoms with Crippen LogP contribution in [0.5, 0.6) is 11.5 Å². The molecule has 0 saturated carbocycles. The van der Waals surface area contributed by atoms with E-state index in [1.54, 1.807) is 14.2 Å². The number of hydrogen-bond acceptors (Lipinski definition) is 6. The van der Waals surface area contributed by atoms with Gasteiger partial charge in [0.15, 0.2) is 0 Å². The average Bonchev–Trinajstić information content (AvgIpc) is 2.73. The monoisotopic (exact) mass is 364 g/mol. The third-order valence-electron chi connectivity index (χ3n) is 3.89. The molecule has 0 atom stereocenters. The lowest BCUT2D eigenvalue weighted by Crippen LogP contribution is -2.23. The number of hydrogen-bond donors (Lipinski definition) is 2. The quantitative estimate of drug-likeness (QED) is 0.670. The molecule has 1 amide bonds. The number of nitrogens with one attached hydrogen (secondary N) is 2. The Balaban J connectivity index is 1.59. The van der Waals surface area contributed by atoms with Gasteiger partial charge in [0.1, 0.15) is 11.5 Å². The van der Waals surface area contributed by atoms with E-state index in [9.17, 15) is 4.79 Å². The molecule has 3 aromatic rings. The number of ether oxygens (including phenoxy) is 2. The second kappa shape index (κ2) is 8.66. The van der Waals surface area contributed by atoms with Crippen LogP contribution in [0.3, 0.4) is 0 Å². The topological polar surface area (TPSA) is 85.4 Å². The van der Waals surface area contributed by atoms with Crippen LogP contribution < -0.4 is 20.1 Å². The van der Waals surface area contributed by atoms with Gasteiger partial charge in [-0.2, -0.15) is 0 Å². The summed E-state index contributed by atoms with van der Waals surface area (Å²) in [5.74, 6) is 1.65. The lowest BCUT2D eigenvalue weighted by atomic mass is 10.2. The van der Waals surface area contributed by atoms with Crippen LogP contribution in [0.25, 0.3) is 0 Å². The summed E-state index contributed by atoms with van der Waals surface area (Å²) in [6.45, 7) is 0.356. The summed E-state index contributed by atoms with van der Waals surface area (Å²) in [5, 5.41) is 5.91. The number of methoxy groups -OCH3 is 2. The molecule has 0 unspecified atom stereocenters. The summed E-state index contributed by atoms with van der Waals surface area (Å²) >= 11 is 0. The van der Waals surface area contributed by atoms with Crippen LogP contribution in [0.4, 0.5) is 11.6 Å². The van der Waals surface area contributed by atoms with Crippen molar-refractivity contribution < 1.29 is 14.3 Å². The highest BCUT2D eigenvalue weighted by molar-refractivity contribution is 5.93. The smallest absolute Gasteiger partial charge is 0.254 e. The maximum Gasteiger partial charge on any atom is 0.254 e. The van der Waals surface area contributed by atoms with Gasteiger partial charge in [-0.05, 0) is 30.3 Å². The standard InChI is InChI=1S/C20H20N4O3/c1-26-17-9-7-16(8-10-17)24-20-22-12-15(13-23-20)19(25)21-11-14-5-3-4-6-18(14)27-2/h3-10,12-13H,11H2,1-2H3,(H,21,25)(H,22,23,24). The molecule has 0 saturated heterocycles. The van der Waals surface area contributed by atoms with Crippen molar-refractivity contribution in [1.82, 2.24) is 15.3 Å². The Labute approximate surface area is 157 Å². The summed E-state index contributed by atoms with van der Waals surface area (Å²) in [4.78, 5) is 20.7. The van der Waals surface area contributed by atoms with E-state index in [4.69, 9.17) is 9.47 Å². The third-order valence-corrected chi connectivity index (χ3v) is 3.89. The zero-order chi connectivity index (χ0) is 19.1. The first-order chi connectivity index (χ1) is 13.2. The zero-order valence-corrected chi connectivity index (χ0v) is 15.1. The van der Waals surface area contributed by atoms with E-state index in [1.807, 2.05) is 48.5 Å². The normalized spacial score (nSPS) is 10.1. The Kier molecular flexibility index (Phi) is 5.84. The Hall–Kier alpha value is -3.61. The molecular weight excluding hydrogens is 344 g/mol. The molecule has 0 aliphatic carbocycles. The fourth-order valence-corrected chi connectivity index (χ4v) is 2.44. The number of anilines is 2. The van der Waals surface area contributed by atoms with Crippen LogP contribution in [0.2, 0.25) is 0 Å². The summed E-state index contributed by atoms with van der Waals surface area (Å²) < 4.78 is 10.4. The fraction of sp³-hybridized carbons (Fsp3) is 0.150. The van der Waals surface area contributed by atoms with Gasteiger partial charge in [0.2, 0.25) is 5.95 Å². The number of carbonyl (C=O) groups is 1. The van der Waals surface area contributed by atoms with Gasteiger partial charge < -0.3 is 20.1 Å². The Morgan fingerprint density at radius 3 is 2.33 bits per heavy atom. The zero-order valence-electron chi connectivity index (χ0n) is 15.1. The Morgan fingerprint density at radius 2 is 1.67 bits per heavy atom. The number of para-hydroxylation sites is 1. The van der Waals surface area contributed by atoms with Gasteiger partial charge in [-0.25, -0.2) is 9.97 Å². The molecule has 0 aliphatic rings. The average molecular weight is 364 g/mol. The summed E-state index contributed by atoms with van der Waals surface area (Å²) in [5.41, 5.74) is 2.10. The molecule has 7 heteroatoms. The van der Waals surface area contributed by atoms with Gasteiger partial charge >= 0.3 is 0 Å². The van der Waals surface area contributed by atoms with E-state index in [1.165, 1.54) is 12.4 Å². The predicted octanol–water partition coefficient (Wildman–Crippen LogP) is 3.17. The number of rotatable bonds is 7. The predicted molar refractivity (Wildman–Crippen MR) is 102 cm³/mol. The fourth-order valence-electron chi connectivity index (χ4n) is 2.44. The van der Waals surface area contributed by atoms with Crippen LogP contribution in [-0.4, -0.2) is 30.1 Å². The van der Waals surface area contributed by atoms with E-state index in [-0.39, 0.29) is 5.91 Å². The summed E-state index contributed by atoms with van der Waals surface area (Å²) in [7, 11) is 3.21. The molecule has 1 aromatic heterocycles. The molecular formula is C20H20N4O3. The number of nitrogens with zero attached hydrogens (tertiary/aromatic N) is 2. The van der Waals surface area contributed by atoms with Gasteiger partial charge in [0.25, 0.3) is 5.91 Å². The third kappa shape index (κ3) is 4.72. The van der Waals surface area contributed by atoms with Gasteiger partial charge in [-0.3, -0.25) is 4.79 Å². The van der Waals surface area contributed by atoms with E-state index in [2.05, 4.69) is 20.6 Å². The van der Waals surface area contributed by atoms with Crippen molar-refractivity contribution in [2.24, 2.45) is 0 Å². The lowest BCUT2D eigenvalue weighted by Gasteiger charge is -2.10. The molecule has 0 radical (unpaired) electrons. The van der Waals surface area contributed by atoms with Gasteiger partial charge in [-0.1, -0.05) is 18.2 Å². The minimum absolute atomic E-state index is 0.253. The van der Waals surface area contributed by atoms with Crippen LogP contribution in [0, 0.1) is 0 Å². The highest BCUT2D eigenvalue weighted by Gasteiger charge is 2.09. The molecule has 0 fully saturated rings. The molecule has 0 spiro atoms. The number of amides is 1. The van der Waals surface area contributed by atoms with E-state index in [0.717, 1.165) is 22.7 Å². The molecule has 0 aliphatic heterocycles. The van der Waals surface area contributed by atoms with Crippen LogP contribution in [-0.2, 0) is 6.54 Å². The highest BCUT2D eigenvalue weighted by Crippen LogP contribution is 2.18. The van der Waals surface area contributed by atoms with Gasteiger partial charge in [-0.15, -0.1) is 0 Å². The number of benzene rings is 2. The molecule has 2 N–H and O–H groups in total. The van der Waals surface area contributed by atoms with E-state index < -0.39 is 0 Å². The van der Waals surface area contributed by atoms with Gasteiger partial charge in [0, 0.05) is 30.2 Å². The van der Waals surface area contributed by atoms with Crippen molar-refractivity contribution in [1.29, 1.82) is 0 Å². The Bertz CT molecular complexity index is 896. The molecule has 7 nitrogen and oxygen atoms in total. The molecule has 0 bridgehead atoms. The van der Waals surface area contributed by atoms with Crippen LogP contribution >= 0.6 is 0 Å². The van der Waals surface area contributed by atoms with E-state index in [0.29, 0.717) is 18.1 Å². The number of carbonyl (C=O) groups excluding carboxylic acids is 1. The highest BCUT2D eigenvalue weighted by atomic mass is 16.5. The minimum Gasteiger partial charge on any atom is -0.497 e. The SMILES string of the molecule is COc1ccc(Nc2ncc(C(=O)NCc3ccccc3OC)cn2)cc1. The first-order valence-electron chi connectivity index (χ1n) is 8.33. The second-order valence-corrected chi connectivity index (χ2v) is 5.64. The number of aromatic nitrogens is 2. The maximum absolute atomic E-state index is 12.3. The molecule has 2 aromatic carbocycles. The first kappa shape index (κ1) is 18.2. The van der Waals surface area contributed by atoms with Crippen molar-refractivity contribution in [3.05, 3.63) is 72.1 Å². The Morgan fingerprint density at radius 1 is 0.963 bits per heavy atom. The molecule has 27 heavy (non-hydrogen) atoms.